The molecule has 2 aromatic carbocycles. The largest absolute Gasteiger partial charge is 0.325 e. The van der Waals surface area contributed by atoms with Gasteiger partial charge in [0.05, 0.1) is 22.8 Å². The Hall–Kier alpha value is -3.94. The summed E-state index contributed by atoms with van der Waals surface area (Å²) in [6.07, 6.45) is 2.18. The average Bonchev–Trinajstić information content (AvgIpc) is 3.23. The number of urea groups is 1. The van der Waals surface area contributed by atoms with Crippen LogP contribution in [0.5, 0.6) is 0 Å². The molecule has 2 N–H and O–H groups in total. The Labute approximate surface area is 197 Å². The van der Waals surface area contributed by atoms with Gasteiger partial charge >= 0.3 is 6.03 Å². The molecule has 1 spiro atoms. The number of anilines is 1. The van der Waals surface area contributed by atoms with Crippen molar-refractivity contribution >= 4 is 23.5 Å². The van der Waals surface area contributed by atoms with Gasteiger partial charge in [-0.1, -0.05) is 42.0 Å². The highest BCUT2D eigenvalue weighted by Gasteiger charge is 2.54. The normalized spacial score (nSPS) is 19.3. The molecule has 2 aliphatic rings. The Morgan fingerprint density at radius 2 is 1.82 bits per heavy atom. The van der Waals surface area contributed by atoms with Crippen LogP contribution in [0.2, 0.25) is 0 Å². The zero-order chi connectivity index (χ0) is 24.0. The fourth-order valence-corrected chi connectivity index (χ4v) is 5.04. The number of fused-ring (bicyclic) bond motifs is 2. The van der Waals surface area contributed by atoms with E-state index >= 15 is 0 Å². The highest BCUT2D eigenvalue weighted by atomic mass is 16.2. The summed E-state index contributed by atoms with van der Waals surface area (Å²) in [4.78, 5) is 40.2. The first kappa shape index (κ1) is 21.9. The van der Waals surface area contributed by atoms with Crippen LogP contribution in [0, 0.1) is 20.8 Å². The van der Waals surface area contributed by atoms with Crippen molar-refractivity contribution in [2.24, 2.45) is 0 Å². The van der Waals surface area contributed by atoms with Crippen LogP contribution in [0.25, 0.3) is 5.69 Å². The van der Waals surface area contributed by atoms with Crippen LogP contribution in [0.1, 0.15) is 40.9 Å². The molecular formula is C26H27N5O3. The molecule has 1 aliphatic heterocycles. The number of hydrogen-bond acceptors (Lipinski definition) is 4. The first-order chi connectivity index (χ1) is 16.3. The number of aromatic nitrogens is 2. The maximum absolute atomic E-state index is 13.4. The lowest BCUT2D eigenvalue weighted by Gasteiger charge is -2.33. The van der Waals surface area contributed by atoms with Crippen molar-refractivity contribution in [3.63, 3.8) is 0 Å². The second-order valence-corrected chi connectivity index (χ2v) is 9.08. The van der Waals surface area contributed by atoms with E-state index in [4.69, 9.17) is 0 Å². The number of imide groups is 1. The van der Waals surface area contributed by atoms with Crippen LogP contribution in [0.4, 0.5) is 10.5 Å². The molecule has 0 bridgehead atoms. The quantitative estimate of drug-likeness (QED) is 0.586. The van der Waals surface area contributed by atoms with E-state index in [9.17, 15) is 14.4 Å². The highest BCUT2D eigenvalue weighted by molar-refractivity contribution is 6.10. The van der Waals surface area contributed by atoms with Gasteiger partial charge in [0, 0.05) is 0 Å². The molecule has 1 saturated heterocycles. The number of hydrogen-bond donors (Lipinski definition) is 2. The van der Waals surface area contributed by atoms with Gasteiger partial charge in [0.2, 0.25) is 5.91 Å². The van der Waals surface area contributed by atoms with Crippen LogP contribution >= 0.6 is 0 Å². The van der Waals surface area contributed by atoms with Crippen molar-refractivity contribution < 1.29 is 14.4 Å². The molecule has 8 heteroatoms. The Kier molecular flexibility index (Phi) is 5.23. The zero-order valence-corrected chi connectivity index (χ0v) is 19.5. The summed E-state index contributed by atoms with van der Waals surface area (Å²) in [6.45, 7) is 5.34. The van der Waals surface area contributed by atoms with E-state index < -0.39 is 17.5 Å². The molecule has 3 aromatic rings. The van der Waals surface area contributed by atoms with E-state index in [0.717, 1.165) is 45.8 Å². The van der Waals surface area contributed by atoms with Crippen molar-refractivity contribution in [3.8, 4) is 5.69 Å². The molecule has 1 aromatic heterocycles. The first-order valence-corrected chi connectivity index (χ1v) is 11.5. The lowest BCUT2D eigenvalue weighted by Crippen LogP contribution is -2.47. The van der Waals surface area contributed by atoms with Gasteiger partial charge in [-0.25, -0.2) is 9.48 Å². The Morgan fingerprint density at radius 1 is 1.09 bits per heavy atom. The maximum Gasteiger partial charge on any atom is 0.325 e. The summed E-state index contributed by atoms with van der Waals surface area (Å²) in [5.74, 6) is -0.817. The fourth-order valence-electron chi connectivity index (χ4n) is 5.04. The third-order valence-corrected chi connectivity index (χ3v) is 6.79. The lowest BCUT2D eigenvalue weighted by molar-refractivity contribution is -0.134. The summed E-state index contributed by atoms with van der Waals surface area (Å²) in [7, 11) is 0. The Bertz CT molecular complexity index is 1310. The predicted octanol–water partition coefficient (Wildman–Crippen LogP) is 3.52. The Balaban J connectivity index is 1.36. The molecule has 8 nitrogen and oxygen atoms in total. The van der Waals surface area contributed by atoms with Crippen molar-refractivity contribution in [2.75, 3.05) is 11.9 Å². The smallest absolute Gasteiger partial charge is 0.321 e. The van der Waals surface area contributed by atoms with Crippen LogP contribution in [-0.2, 0) is 21.5 Å². The second kappa shape index (κ2) is 8.13. The standard InChI is InChI=1S/C26H27N5O3/c1-16-10-12-20(13-11-16)31-18(3)23(17(2)29-31)27-22(32)15-30-24(33)26(28-25(30)34)14-6-8-19-7-4-5-9-21(19)26/h4-5,7,9-13H,6,8,14-15H2,1-3H3,(H,27,32)(H,28,34)/t26-/m1/s1. The number of carbonyl (C=O) groups excluding carboxylic acids is 3. The number of rotatable bonds is 4. The molecule has 0 unspecified atom stereocenters. The van der Waals surface area contributed by atoms with Gasteiger partial charge in [-0.15, -0.1) is 0 Å². The van der Waals surface area contributed by atoms with Crippen molar-refractivity contribution in [2.45, 2.75) is 45.6 Å². The van der Waals surface area contributed by atoms with Gasteiger partial charge in [0.25, 0.3) is 5.91 Å². The summed E-state index contributed by atoms with van der Waals surface area (Å²) < 4.78 is 1.77. The third-order valence-electron chi connectivity index (χ3n) is 6.79. The number of nitrogens with zero attached hydrogens (tertiary/aromatic N) is 3. The lowest BCUT2D eigenvalue weighted by atomic mass is 9.76. The molecule has 34 heavy (non-hydrogen) atoms. The van der Waals surface area contributed by atoms with E-state index in [0.29, 0.717) is 17.8 Å². The van der Waals surface area contributed by atoms with E-state index in [1.54, 1.807) is 4.68 Å². The summed E-state index contributed by atoms with van der Waals surface area (Å²) in [6, 6.07) is 15.1. The second-order valence-electron chi connectivity index (χ2n) is 9.08. The molecule has 174 valence electrons. The maximum atomic E-state index is 13.4. The number of benzene rings is 2. The van der Waals surface area contributed by atoms with Crippen molar-refractivity contribution in [1.82, 2.24) is 20.0 Å². The fraction of sp³-hybridized carbons (Fsp3) is 0.308. The zero-order valence-electron chi connectivity index (χ0n) is 19.5. The molecular weight excluding hydrogens is 430 g/mol. The summed E-state index contributed by atoms with van der Waals surface area (Å²) in [5.41, 5.74) is 4.83. The minimum absolute atomic E-state index is 0.358. The molecule has 5 rings (SSSR count). The molecule has 1 atom stereocenters. The first-order valence-electron chi connectivity index (χ1n) is 11.5. The van der Waals surface area contributed by atoms with Crippen molar-refractivity contribution in [1.29, 1.82) is 0 Å². The number of amides is 4. The predicted molar refractivity (Wildman–Crippen MR) is 128 cm³/mol. The number of carbonyl (C=O) groups is 3. The molecule has 1 aliphatic carbocycles. The van der Waals surface area contributed by atoms with Crippen LogP contribution in [0.3, 0.4) is 0 Å². The minimum Gasteiger partial charge on any atom is -0.321 e. The van der Waals surface area contributed by atoms with Gasteiger partial charge in [0.15, 0.2) is 0 Å². The van der Waals surface area contributed by atoms with E-state index in [2.05, 4.69) is 15.7 Å². The van der Waals surface area contributed by atoms with E-state index in [1.807, 2.05) is 69.3 Å². The van der Waals surface area contributed by atoms with Gasteiger partial charge in [0.1, 0.15) is 12.1 Å². The summed E-state index contributed by atoms with van der Waals surface area (Å²) >= 11 is 0. The van der Waals surface area contributed by atoms with Gasteiger partial charge in [-0.2, -0.15) is 5.10 Å². The van der Waals surface area contributed by atoms with Crippen LogP contribution < -0.4 is 10.6 Å². The topological polar surface area (TPSA) is 96.3 Å². The van der Waals surface area contributed by atoms with Gasteiger partial charge < -0.3 is 10.6 Å². The van der Waals surface area contributed by atoms with Crippen LogP contribution in [-0.4, -0.2) is 39.1 Å². The van der Waals surface area contributed by atoms with Crippen molar-refractivity contribution in [3.05, 3.63) is 76.6 Å². The van der Waals surface area contributed by atoms with Gasteiger partial charge in [-0.05, 0) is 63.3 Å². The number of aryl methyl sites for hydroxylation is 3. The summed E-state index contributed by atoms with van der Waals surface area (Å²) in [5, 5.41) is 10.3. The monoisotopic (exact) mass is 457 g/mol. The molecule has 0 radical (unpaired) electrons. The minimum atomic E-state index is -1.09. The third kappa shape index (κ3) is 3.46. The SMILES string of the molecule is Cc1ccc(-n2nc(C)c(NC(=O)CN3C(=O)N[C@@]4(CCCc5ccccc54)C3=O)c2C)cc1. The molecule has 4 amide bonds. The Morgan fingerprint density at radius 3 is 2.59 bits per heavy atom. The molecule has 1 fully saturated rings. The van der Waals surface area contributed by atoms with Crippen LogP contribution in [0.15, 0.2) is 48.5 Å². The molecule has 0 saturated carbocycles. The molecule has 2 heterocycles. The van der Waals surface area contributed by atoms with E-state index in [1.165, 1.54) is 0 Å². The van der Waals surface area contributed by atoms with Gasteiger partial charge in [-0.3, -0.25) is 14.5 Å². The van der Waals surface area contributed by atoms with E-state index in [-0.39, 0.29) is 12.5 Å². The number of nitrogens with one attached hydrogen (secondary N) is 2. The average molecular weight is 458 g/mol. The highest BCUT2D eigenvalue weighted by Crippen LogP contribution is 2.39.